The van der Waals surface area contributed by atoms with E-state index in [9.17, 15) is 18.0 Å². The quantitative estimate of drug-likeness (QED) is 0.691. The molecule has 0 radical (unpaired) electrons. The van der Waals surface area contributed by atoms with Crippen molar-refractivity contribution in [1.29, 1.82) is 0 Å². The highest BCUT2D eigenvalue weighted by atomic mass is 19.2. The lowest BCUT2D eigenvalue weighted by Crippen LogP contribution is -2.25. The van der Waals surface area contributed by atoms with Crippen LogP contribution in [0.15, 0.2) is 12.1 Å². The summed E-state index contributed by atoms with van der Waals surface area (Å²) in [6.07, 6.45) is -2.06. The Morgan fingerprint density at radius 1 is 0.955 bits per heavy atom. The molecular formula is C18H21F3O. The van der Waals surface area contributed by atoms with E-state index < -0.39 is 41.9 Å². The first-order valence-electron chi connectivity index (χ1n) is 9.73. The summed E-state index contributed by atoms with van der Waals surface area (Å²) < 4.78 is 72.1. The van der Waals surface area contributed by atoms with Gasteiger partial charge in [-0.1, -0.05) is 0 Å². The van der Waals surface area contributed by atoms with E-state index >= 15 is 0 Å². The number of Topliss-reactive ketones (excluding diaryl/α,β-unsaturated/α-hetero) is 1. The van der Waals surface area contributed by atoms with E-state index in [-0.39, 0.29) is 18.3 Å². The molecule has 0 heterocycles. The van der Waals surface area contributed by atoms with Crippen molar-refractivity contribution in [2.24, 2.45) is 11.8 Å². The molecule has 0 aromatic heterocycles. The van der Waals surface area contributed by atoms with Crippen molar-refractivity contribution in [3.05, 3.63) is 35.1 Å². The van der Waals surface area contributed by atoms with Crippen LogP contribution in [0.25, 0.3) is 0 Å². The second-order valence-corrected chi connectivity index (χ2v) is 6.25. The fraction of sp³-hybridized carbons (Fsp3) is 0.611. The van der Waals surface area contributed by atoms with E-state index in [0.29, 0.717) is 37.7 Å². The first kappa shape index (κ1) is 11.3. The average molecular weight is 314 g/mol. The summed E-state index contributed by atoms with van der Waals surface area (Å²) in [6, 6.07) is 2.03. The molecule has 1 unspecified atom stereocenters. The monoisotopic (exact) mass is 314 g/mol. The van der Waals surface area contributed by atoms with Crippen LogP contribution in [0.3, 0.4) is 0 Å². The number of benzene rings is 1. The third kappa shape index (κ3) is 3.21. The first-order valence-corrected chi connectivity index (χ1v) is 7.73. The van der Waals surface area contributed by atoms with Crippen LogP contribution >= 0.6 is 0 Å². The smallest absolute Gasteiger partial charge is 0.194 e. The lowest BCUT2D eigenvalue weighted by Gasteiger charge is -2.35. The maximum Gasteiger partial charge on any atom is 0.194 e. The van der Waals surface area contributed by atoms with Crippen molar-refractivity contribution >= 4 is 5.78 Å². The topological polar surface area (TPSA) is 17.1 Å². The molecule has 1 nitrogen and oxygen atoms in total. The van der Waals surface area contributed by atoms with Crippen LogP contribution in [0.2, 0.25) is 0 Å². The molecule has 0 saturated heterocycles. The number of hydrogen-bond donors (Lipinski definition) is 0. The van der Waals surface area contributed by atoms with Crippen molar-refractivity contribution in [2.75, 3.05) is 0 Å². The molecule has 1 aromatic carbocycles. The third-order valence-electron chi connectivity index (χ3n) is 4.90. The zero-order chi connectivity index (χ0) is 19.3. The molecule has 2 fully saturated rings. The van der Waals surface area contributed by atoms with Gasteiger partial charge in [-0.15, -0.1) is 0 Å². The summed E-state index contributed by atoms with van der Waals surface area (Å²) in [7, 11) is 0. The fourth-order valence-corrected chi connectivity index (χ4v) is 3.61. The van der Waals surface area contributed by atoms with Crippen molar-refractivity contribution in [3.63, 3.8) is 0 Å². The molecule has 0 bridgehead atoms. The number of carbonyl (C=O) groups is 1. The summed E-state index contributed by atoms with van der Waals surface area (Å²) in [6.45, 7) is 0. The molecule has 4 heteroatoms. The van der Waals surface area contributed by atoms with Gasteiger partial charge < -0.3 is 0 Å². The normalized spacial score (nSPS) is 36.9. The zero-order valence-electron chi connectivity index (χ0n) is 16.2. The molecule has 1 atom stereocenters. The van der Waals surface area contributed by atoms with Gasteiger partial charge in [0.15, 0.2) is 17.5 Å². The standard InChI is InChI=1S/C18H21F3O/c19-16-9-14(10-17(20)18(16)21)13-3-1-11(2-4-13)12-5-7-15(22)8-6-12/h9-13H,1-8H2/i5D2,7D2. The highest BCUT2D eigenvalue weighted by Gasteiger charge is 2.31. The minimum Gasteiger partial charge on any atom is -0.300 e. The molecule has 2 saturated carbocycles. The Balaban J connectivity index is 1.72. The van der Waals surface area contributed by atoms with Gasteiger partial charge in [0, 0.05) is 18.3 Å². The predicted molar refractivity (Wildman–Crippen MR) is 78.0 cm³/mol. The van der Waals surface area contributed by atoms with Gasteiger partial charge in [0.2, 0.25) is 0 Å². The Bertz CT molecular complexity index is 691. The minimum absolute atomic E-state index is 0.0332. The van der Waals surface area contributed by atoms with Gasteiger partial charge in [0.1, 0.15) is 5.78 Å². The van der Waals surface area contributed by atoms with Crippen LogP contribution in [0.5, 0.6) is 0 Å². The minimum atomic E-state index is -2.49. The van der Waals surface area contributed by atoms with Crippen LogP contribution in [0.1, 0.15) is 68.2 Å². The highest BCUT2D eigenvalue weighted by Crippen LogP contribution is 2.42. The predicted octanol–water partition coefficient (Wildman–Crippen LogP) is 5.14. The van der Waals surface area contributed by atoms with E-state index in [4.69, 9.17) is 5.48 Å². The van der Waals surface area contributed by atoms with Gasteiger partial charge in [-0.2, -0.15) is 0 Å². The van der Waals surface area contributed by atoms with Crippen LogP contribution in [-0.2, 0) is 4.79 Å². The van der Waals surface area contributed by atoms with Crippen LogP contribution in [-0.4, -0.2) is 5.78 Å². The molecule has 0 spiro atoms. The van der Waals surface area contributed by atoms with Crippen LogP contribution < -0.4 is 0 Å². The second kappa shape index (κ2) is 6.43. The summed E-state index contributed by atoms with van der Waals surface area (Å²) >= 11 is 0. The first-order chi connectivity index (χ1) is 12.1. The van der Waals surface area contributed by atoms with Crippen molar-refractivity contribution in [2.45, 2.75) is 57.2 Å². The molecule has 2 aliphatic carbocycles. The molecule has 3 rings (SSSR count). The lowest BCUT2D eigenvalue weighted by atomic mass is 9.70. The SMILES string of the molecule is [2H]C1([2H])C(=O)CCC(C2CCC(c3cc(F)c(F)c(F)c3)CC2)C1([2H])[2H]. The van der Waals surface area contributed by atoms with Crippen molar-refractivity contribution in [3.8, 4) is 0 Å². The third-order valence-corrected chi connectivity index (χ3v) is 4.90. The summed E-state index contributed by atoms with van der Waals surface area (Å²) in [5.74, 6) is -5.37. The molecule has 0 amide bonds. The van der Waals surface area contributed by atoms with E-state index in [1.54, 1.807) is 0 Å². The van der Waals surface area contributed by atoms with E-state index in [0.717, 1.165) is 12.1 Å². The lowest BCUT2D eigenvalue weighted by molar-refractivity contribution is -0.121. The number of rotatable bonds is 2. The second-order valence-electron chi connectivity index (χ2n) is 6.25. The Kier molecular flexibility index (Phi) is 3.29. The number of halogens is 3. The van der Waals surface area contributed by atoms with E-state index in [1.807, 2.05) is 0 Å². The molecule has 2 aliphatic rings. The Morgan fingerprint density at radius 2 is 1.59 bits per heavy atom. The van der Waals surface area contributed by atoms with Gasteiger partial charge in [-0.25, -0.2) is 13.2 Å². The number of ketones is 1. The molecule has 120 valence electrons. The van der Waals surface area contributed by atoms with Gasteiger partial charge in [-0.05, 0) is 73.9 Å². The highest BCUT2D eigenvalue weighted by molar-refractivity contribution is 5.79. The molecule has 0 N–H and O–H groups in total. The number of hydrogen-bond acceptors (Lipinski definition) is 1. The van der Waals surface area contributed by atoms with Gasteiger partial charge in [-0.3, -0.25) is 4.79 Å². The average Bonchev–Trinajstić information content (AvgIpc) is 2.58. The van der Waals surface area contributed by atoms with Crippen LogP contribution in [0.4, 0.5) is 13.2 Å². The Hall–Kier alpha value is -1.32. The largest absolute Gasteiger partial charge is 0.300 e. The van der Waals surface area contributed by atoms with Crippen molar-refractivity contribution < 1.29 is 23.4 Å². The molecule has 22 heavy (non-hydrogen) atoms. The van der Waals surface area contributed by atoms with E-state index in [1.165, 1.54) is 0 Å². The fourth-order valence-electron chi connectivity index (χ4n) is 3.61. The Morgan fingerprint density at radius 3 is 2.23 bits per heavy atom. The maximum absolute atomic E-state index is 13.4. The van der Waals surface area contributed by atoms with Gasteiger partial charge >= 0.3 is 0 Å². The molecule has 0 aliphatic heterocycles. The molecular weight excluding hydrogens is 289 g/mol. The summed E-state index contributed by atoms with van der Waals surface area (Å²) in [4.78, 5) is 11.8. The molecule has 1 aromatic rings. The van der Waals surface area contributed by atoms with Crippen molar-refractivity contribution in [1.82, 2.24) is 0 Å². The number of carbonyl (C=O) groups excluding carboxylic acids is 1. The summed E-state index contributed by atoms with van der Waals surface area (Å²) in [5, 5.41) is 0. The zero-order valence-corrected chi connectivity index (χ0v) is 12.2. The summed E-state index contributed by atoms with van der Waals surface area (Å²) in [5.41, 5.74) is 0.400. The van der Waals surface area contributed by atoms with E-state index in [2.05, 4.69) is 0 Å². The van der Waals surface area contributed by atoms with Crippen LogP contribution in [0, 0.1) is 29.3 Å². The maximum atomic E-state index is 13.4. The van der Waals surface area contributed by atoms with Gasteiger partial charge in [0.25, 0.3) is 0 Å². The van der Waals surface area contributed by atoms with Gasteiger partial charge in [0.05, 0.1) is 0 Å². The Labute approximate surface area is 134 Å².